The lowest BCUT2D eigenvalue weighted by atomic mass is 9.81. The fraction of sp³-hybridized carbons (Fsp3) is 0.360. The zero-order chi connectivity index (χ0) is 25.8. The van der Waals surface area contributed by atoms with E-state index in [9.17, 15) is 29.3 Å². The van der Waals surface area contributed by atoms with E-state index < -0.39 is 40.1 Å². The Morgan fingerprint density at radius 2 is 1.43 bits per heavy atom. The Morgan fingerprint density at radius 3 is 1.86 bits per heavy atom. The summed E-state index contributed by atoms with van der Waals surface area (Å²) in [5.41, 5.74) is -0.895. The van der Waals surface area contributed by atoms with Gasteiger partial charge in [-0.05, 0) is 51.3 Å². The fourth-order valence-electron chi connectivity index (χ4n) is 4.12. The maximum absolute atomic E-state index is 13.2. The van der Waals surface area contributed by atoms with E-state index in [0.717, 1.165) is 4.90 Å². The highest BCUT2D eigenvalue weighted by molar-refractivity contribution is 6.21. The molecule has 184 valence electrons. The topological polar surface area (TPSA) is 133 Å². The largest absolute Gasteiger partial charge is 0.465 e. The van der Waals surface area contributed by atoms with Gasteiger partial charge in [0, 0.05) is 18.2 Å². The Balaban J connectivity index is 2.04. The molecule has 1 atom stereocenters. The lowest BCUT2D eigenvalue weighted by Crippen LogP contribution is -2.49. The van der Waals surface area contributed by atoms with Crippen molar-refractivity contribution < 1.29 is 33.6 Å². The van der Waals surface area contributed by atoms with Crippen molar-refractivity contribution in [1.82, 2.24) is 4.90 Å². The van der Waals surface area contributed by atoms with E-state index >= 15 is 0 Å². The number of non-ortho nitro benzene ring substituents is 1. The molecule has 1 aliphatic heterocycles. The number of nitro groups is 1. The minimum atomic E-state index is -1.80. The molecule has 3 rings (SSSR count). The third-order valence-electron chi connectivity index (χ3n) is 5.90. The van der Waals surface area contributed by atoms with Crippen LogP contribution < -0.4 is 0 Å². The van der Waals surface area contributed by atoms with E-state index in [1.165, 1.54) is 43.3 Å². The number of hydrogen-bond donors (Lipinski definition) is 0. The smallest absolute Gasteiger partial charge is 0.323 e. The summed E-state index contributed by atoms with van der Waals surface area (Å²) in [6.45, 7) is 4.61. The second-order valence-corrected chi connectivity index (χ2v) is 8.28. The number of nitrogens with zero attached hydrogens (tertiary/aromatic N) is 2. The molecule has 0 saturated heterocycles. The third kappa shape index (κ3) is 5.06. The Bertz CT molecular complexity index is 1110. The zero-order valence-electron chi connectivity index (χ0n) is 19.7. The molecule has 2 aromatic carbocycles. The molecule has 0 saturated carbocycles. The van der Waals surface area contributed by atoms with Gasteiger partial charge in [0.2, 0.25) is 0 Å². The average molecular weight is 482 g/mol. The standard InChI is InChI=1S/C25H26N2O8/c1-4-34-23(30)25(3,24(31)35-5-2)15-18(14-16-10-12-17(13-11-16)27(32)33)26-21(28)19-8-6-7-9-20(19)22(26)29/h6-13,18H,4-5,14-15H2,1-3H3/t18-/m0/s1. The van der Waals surface area contributed by atoms with Gasteiger partial charge in [-0.25, -0.2) is 0 Å². The highest BCUT2D eigenvalue weighted by atomic mass is 16.6. The normalized spacial score (nSPS) is 13.9. The van der Waals surface area contributed by atoms with Crippen LogP contribution in [0.1, 0.15) is 53.5 Å². The van der Waals surface area contributed by atoms with Crippen LogP contribution in [0, 0.1) is 15.5 Å². The Kier molecular flexibility index (Phi) is 7.63. The Morgan fingerprint density at radius 1 is 0.943 bits per heavy atom. The van der Waals surface area contributed by atoms with Gasteiger partial charge in [0.25, 0.3) is 17.5 Å². The van der Waals surface area contributed by atoms with Crippen molar-refractivity contribution in [2.24, 2.45) is 5.41 Å². The van der Waals surface area contributed by atoms with Gasteiger partial charge >= 0.3 is 11.9 Å². The van der Waals surface area contributed by atoms with Gasteiger partial charge in [-0.1, -0.05) is 24.3 Å². The van der Waals surface area contributed by atoms with Gasteiger partial charge in [0.05, 0.1) is 29.3 Å². The van der Waals surface area contributed by atoms with E-state index in [2.05, 4.69) is 0 Å². The number of rotatable bonds is 10. The number of esters is 2. The first-order chi connectivity index (χ1) is 16.6. The average Bonchev–Trinajstić information content (AvgIpc) is 3.09. The minimum absolute atomic E-state index is 0.0217. The quantitative estimate of drug-likeness (QED) is 0.166. The van der Waals surface area contributed by atoms with E-state index in [0.29, 0.717) is 5.56 Å². The zero-order valence-corrected chi connectivity index (χ0v) is 19.7. The third-order valence-corrected chi connectivity index (χ3v) is 5.90. The van der Waals surface area contributed by atoms with E-state index in [1.54, 1.807) is 26.0 Å². The number of nitro benzene ring substituents is 1. The van der Waals surface area contributed by atoms with E-state index in [4.69, 9.17) is 9.47 Å². The first kappa shape index (κ1) is 25.5. The molecule has 1 heterocycles. The maximum Gasteiger partial charge on any atom is 0.323 e. The summed E-state index contributed by atoms with van der Waals surface area (Å²) < 4.78 is 10.3. The number of imide groups is 1. The van der Waals surface area contributed by atoms with Crippen LogP contribution in [0.25, 0.3) is 0 Å². The molecule has 0 aliphatic carbocycles. The Labute approximate surface area is 202 Å². The molecule has 0 radical (unpaired) electrons. The van der Waals surface area contributed by atoms with Crippen molar-refractivity contribution in [2.45, 2.75) is 39.7 Å². The first-order valence-corrected chi connectivity index (χ1v) is 11.2. The molecule has 0 unspecified atom stereocenters. The van der Waals surface area contributed by atoms with E-state index in [-0.39, 0.29) is 42.9 Å². The predicted octanol–water partition coefficient (Wildman–Crippen LogP) is 3.32. The summed E-state index contributed by atoms with van der Waals surface area (Å²) in [6.07, 6.45) is -0.203. The summed E-state index contributed by atoms with van der Waals surface area (Å²) in [6, 6.07) is 11.0. The van der Waals surface area contributed by atoms with E-state index in [1.807, 2.05) is 0 Å². The van der Waals surface area contributed by atoms with Crippen molar-refractivity contribution in [1.29, 1.82) is 0 Å². The van der Waals surface area contributed by atoms with Gasteiger partial charge in [0.15, 0.2) is 5.41 Å². The molecule has 10 nitrogen and oxygen atoms in total. The highest BCUT2D eigenvalue weighted by Crippen LogP contribution is 2.34. The number of fused-ring (bicyclic) bond motifs is 1. The van der Waals surface area contributed by atoms with Crippen LogP contribution >= 0.6 is 0 Å². The predicted molar refractivity (Wildman–Crippen MR) is 124 cm³/mol. The fourth-order valence-corrected chi connectivity index (χ4v) is 4.12. The minimum Gasteiger partial charge on any atom is -0.465 e. The molecular formula is C25H26N2O8. The number of amides is 2. The van der Waals surface area contributed by atoms with Crippen LogP contribution in [-0.2, 0) is 25.5 Å². The summed E-state index contributed by atoms with van der Waals surface area (Å²) >= 11 is 0. The molecule has 0 fully saturated rings. The molecule has 2 aromatic rings. The number of ether oxygens (including phenoxy) is 2. The molecule has 0 N–H and O–H groups in total. The molecular weight excluding hydrogens is 456 g/mol. The van der Waals surface area contributed by atoms with Crippen molar-refractivity contribution >= 4 is 29.4 Å². The van der Waals surface area contributed by atoms with Crippen molar-refractivity contribution in [3.8, 4) is 0 Å². The van der Waals surface area contributed by atoms with Crippen LogP contribution in [-0.4, -0.2) is 52.8 Å². The molecule has 0 aromatic heterocycles. The molecule has 35 heavy (non-hydrogen) atoms. The summed E-state index contributed by atoms with van der Waals surface area (Å²) in [5, 5.41) is 11.0. The highest BCUT2D eigenvalue weighted by Gasteiger charge is 2.50. The molecule has 2 amide bonds. The SMILES string of the molecule is CCOC(=O)C(C)(C[C@H](Cc1ccc([N+](=O)[O-])cc1)N1C(=O)c2ccccc2C1=O)C(=O)OCC. The van der Waals surface area contributed by atoms with Crippen molar-refractivity contribution in [3.63, 3.8) is 0 Å². The van der Waals surface area contributed by atoms with Crippen LogP contribution in [0.4, 0.5) is 5.69 Å². The van der Waals surface area contributed by atoms with Crippen LogP contribution in [0.2, 0.25) is 0 Å². The van der Waals surface area contributed by atoms with Crippen LogP contribution in [0.15, 0.2) is 48.5 Å². The van der Waals surface area contributed by atoms with Gasteiger partial charge < -0.3 is 9.47 Å². The lowest BCUT2D eigenvalue weighted by Gasteiger charge is -2.33. The van der Waals surface area contributed by atoms with Crippen LogP contribution in [0.5, 0.6) is 0 Å². The number of benzene rings is 2. The second kappa shape index (κ2) is 10.5. The number of carbonyl (C=O) groups is 4. The van der Waals surface area contributed by atoms with Crippen molar-refractivity contribution in [2.75, 3.05) is 13.2 Å². The molecule has 0 bridgehead atoms. The van der Waals surface area contributed by atoms with Gasteiger partial charge in [0.1, 0.15) is 0 Å². The second-order valence-electron chi connectivity index (χ2n) is 8.28. The molecule has 1 aliphatic rings. The monoisotopic (exact) mass is 482 g/mol. The van der Waals surface area contributed by atoms with Crippen LogP contribution in [0.3, 0.4) is 0 Å². The maximum atomic E-state index is 13.2. The van der Waals surface area contributed by atoms with Gasteiger partial charge in [-0.3, -0.25) is 34.2 Å². The first-order valence-electron chi connectivity index (χ1n) is 11.2. The number of hydrogen-bond acceptors (Lipinski definition) is 8. The summed E-state index contributed by atoms with van der Waals surface area (Å²) in [4.78, 5) is 63.8. The molecule has 0 spiro atoms. The Hall–Kier alpha value is -4.08. The summed E-state index contributed by atoms with van der Waals surface area (Å²) in [5.74, 6) is -2.76. The van der Waals surface area contributed by atoms with Gasteiger partial charge in [-0.15, -0.1) is 0 Å². The molecule has 10 heteroatoms. The number of carbonyl (C=O) groups excluding carboxylic acids is 4. The summed E-state index contributed by atoms with van der Waals surface area (Å²) in [7, 11) is 0. The van der Waals surface area contributed by atoms with Gasteiger partial charge in [-0.2, -0.15) is 0 Å². The van der Waals surface area contributed by atoms with Crippen molar-refractivity contribution in [3.05, 3.63) is 75.3 Å². The lowest BCUT2D eigenvalue weighted by molar-refractivity contribution is -0.384.